The van der Waals surface area contributed by atoms with Crippen molar-refractivity contribution < 1.29 is 14.3 Å². The Morgan fingerprint density at radius 2 is 1.93 bits per heavy atom. The first-order chi connectivity index (χ1) is 13.9. The number of carbonyl (C=O) groups excluding carboxylic acids is 2. The number of carbonyl (C=O) groups is 2. The van der Waals surface area contributed by atoms with Crippen molar-refractivity contribution in [2.24, 2.45) is 17.3 Å². The molecule has 1 amide bonds. The Bertz CT molecular complexity index is 974. The van der Waals surface area contributed by atoms with Gasteiger partial charge in [-0.15, -0.1) is 5.10 Å². The second kappa shape index (κ2) is 6.55. The van der Waals surface area contributed by atoms with Crippen molar-refractivity contribution in [2.75, 3.05) is 12.4 Å². The molecule has 4 bridgehead atoms. The van der Waals surface area contributed by atoms with Crippen molar-refractivity contribution in [3.63, 3.8) is 0 Å². The lowest BCUT2D eigenvalue weighted by atomic mass is 9.46. The normalized spacial score (nSPS) is 32.2. The standard InChI is InChI=1S/C21H23ClN4O3/c1-29-17(27)15-4-2-3-5-16(15)24-18(28)20-7-13-6-14(8-20)10-21(9-13,11-20)26-12-23-19(22)25-26/h2-5,12-14H,6-11H2,1H3,(H,24,28)/t13-,14-,20?,21?/m1/s1. The molecular weight excluding hydrogens is 392 g/mol. The molecule has 4 saturated carbocycles. The van der Waals surface area contributed by atoms with Crippen LogP contribution in [0.25, 0.3) is 0 Å². The SMILES string of the molecule is COC(=O)c1ccccc1NC(=O)C12C[C@H]3C[C@H](C1)CC(n1cnc(Cl)n1)(C3)C2. The highest BCUT2D eigenvalue weighted by molar-refractivity contribution is 6.28. The number of rotatable bonds is 4. The number of benzene rings is 1. The zero-order chi connectivity index (χ0) is 20.2. The molecule has 1 aromatic heterocycles. The second-order valence-electron chi connectivity index (χ2n) is 8.92. The predicted molar refractivity (Wildman–Crippen MR) is 107 cm³/mol. The van der Waals surface area contributed by atoms with E-state index in [9.17, 15) is 9.59 Å². The highest BCUT2D eigenvalue weighted by Crippen LogP contribution is 2.64. The molecule has 0 unspecified atom stereocenters. The zero-order valence-corrected chi connectivity index (χ0v) is 17.0. The minimum absolute atomic E-state index is 0.0152. The Hall–Kier alpha value is -2.41. The van der Waals surface area contributed by atoms with Crippen LogP contribution in [0.1, 0.15) is 48.9 Å². The summed E-state index contributed by atoms with van der Waals surface area (Å²) in [6, 6.07) is 6.98. The number of halogens is 1. The van der Waals surface area contributed by atoms with Gasteiger partial charge in [-0.05, 0) is 74.1 Å². The number of hydrogen-bond acceptors (Lipinski definition) is 5. The third-order valence-corrected chi connectivity index (χ3v) is 7.22. The molecule has 0 radical (unpaired) electrons. The van der Waals surface area contributed by atoms with Crippen LogP contribution in [0.2, 0.25) is 5.28 Å². The van der Waals surface area contributed by atoms with Crippen LogP contribution >= 0.6 is 11.6 Å². The summed E-state index contributed by atoms with van der Waals surface area (Å²) in [5.41, 5.74) is 0.193. The first-order valence-corrected chi connectivity index (χ1v) is 10.4. The van der Waals surface area contributed by atoms with Gasteiger partial charge in [0.25, 0.3) is 0 Å². The van der Waals surface area contributed by atoms with Crippen LogP contribution < -0.4 is 5.32 Å². The lowest BCUT2D eigenvalue weighted by Crippen LogP contribution is -2.60. The predicted octanol–water partition coefficient (Wildman–Crippen LogP) is 3.65. The molecule has 2 atom stereocenters. The molecule has 2 aromatic rings. The number of anilines is 1. The summed E-state index contributed by atoms with van der Waals surface area (Å²) in [4.78, 5) is 29.8. The molecule has 0 spiro atoms. The second-order valence-corrected chi connectivity index (χ2v) is 9.25. The van der Waals surface area contributed by atoms with E-state index in [0.29, 0.717) is 23.1 Å². The zero-order valence-electron chi connectivity index (χ0n) is 16.2. The first-order valence-electron chi connectivity index (χ1n) is 9.99. The van der Waals surface area contributed by atoms with E-state index in [4.69, 9.17) is 16.3 Å². The van der Waals surface area contributed by atoms with E-state index in [0.717, 1.165) is 38.5 Å². The molecule has 1 aromatic carbocycles. The van der Waals surface area contributed by atoms with Gasteiger partial charge in [0.05, 0.1) is 29.3 Å². The van der Waals surface area contributed by atoms with Crippen LogP contribution in [0.15, 0.2) is 30.6 Å². The highest BCUT2D eigenvalue weighted by atomic mass is 35.5. The molecular formula is C21H23ClN4O3. The summed E-state index contributed by atoms with van der Waals surface area (Å²) in [6.07, 6.45) is 7.36. The number of para-hydroxylation sites is 1. The maximum absolute atomic E-state index is 13.6. The van der Waals surface area contributed by atoms with Gasteiger partial charge in [0.2, 0.25) is 11.2 Å². The Balaban J connectivity index is 1.47. The van der Waals surface area contributed by atoms with Gasteiger partial charge < -0.3 is 10.1 Å². The largest absolute Gasteiger partial charge is 0.465 e. The van der Waals surface area contributed by atoms with E-state index in [1.54, 1.807) is 30.6 Å². The van der Waals surface area contributed by atoms with E-state index in [1.807, 2.05) is 4.68 Å². The minimum atomic E-state index is -0.467. The topological polar surface area (TPSA) is 86.1 Å². The molecule has 29 heavy (non-hydrogen) atoms. The molecule has 0 aliphatic heterocycles. The van der Waals surface area contributed by atoms with E-state index in [1.165, 1.54) is 7.11 Å². The number of hydrogen-bond donors (Lipinski definition) is 1. The van der Waals surface area contributed by atoms with Crippen LogP contribution in [0, 0.1) is 17.3 Å². The lowest BCUT2D eigenvalue weighted by Gasteiger charge is -2.60. The molecule has 4 aliphatic rings. The molecule has 6 rings (SSSR count). The van der Waals surface area contributed by atoms with Crippen LogP contribution in [-0.4, -0.2) is 33.8 Å². The molecule has 4 fully saturated rings. The van der Waals surface area contributed by atoms with Gasteiger partial charge in [-0.3, -0.25) is 4.79 Å². The van der Waals surface area contributed by atoms with Crippen molar-refractivity contribution in [1.29, 1.82) is 0 Å². The smallest absolute Gasteiger partial charge is 0.339 e. The number of amides is 1. The molecule has 1 heterocycles. The van der Waals surface area contributed by atoms with Crippen LogP contribution in [0.3, 0.4) is 0 Å². The summed E-state index contributed by atoms with van der Waals surface area (Å²) < 4.78 is 6.76. The van der Waals surface area contributed by atoms with E-state index >= 15 is 0 Å². The molecule has 1 N–H and O–H groups in total. The van der Waals surface area contributed by atoms with E-state index in [-0.39, 0.29) is 16.7 Å². The maximum Gasteiger partial charge on any atom is 0.339 e. The Morgan fingerprint density at radius 1 is 1.21 bits per heavy atom. The molecule has 4 aliphatic carbocycles. The first kappa shape index (κ1) is 18.6. The van der Waals surface area contributed by atoms with Gasteiger partial charge in [-0.2, -0.15) is 0 Å². The van der Waals surface area contributed by atoms with E-state index in [2.05, 4.69) is 15.4 Å². The van der Waals surface area contributed by atoms with Gasteiger partial charge >= 0.3 is 5.97 Å². The molecule has 7 nitrogen and oxygen atoms in total. The quantitative estimate of drug-likeness (QED) is 0.771. The summed E-state index contributed by atoms with van der Waals surface area (Å²) >= 11 is 6.00. The number of esters is 1. The average Bonchev–Trinajstić information content (AvgIpc) is 3.14. The number of nitrogens with one attached hydrogen (secondary N) is 1. The summed E-state index contributed by atoms with van der Waals surface area (Å²) in [5.74, 6) is 0.500. The van der Waals surface area contributed by atoms with Gasteiger partial charge in [0, 0.05) is 0 Å². The average molecular weight is 415 g/mol. The number of nitrogens with zero attached hydrogens (tertiary/aromatic N) is 3. The van der Waals surface area contributed by atoms with Gasteiger partial charge in [-0.25, -0.2) is 14.5 Å². The Kier molecular flexibility index (Phi) is 4.21. The number of ether oxygens (including phenoxy) is 1. The summed E-state index contributed by atoms with van der Waals surface area (Å²) in [5, 5.41) is 7.69. The number of methoxy groups -OCH3 is 1. The van der Waals surface area contributed by atoms with Crippen molar-refractivity contribution in [2.45, 2.75) is 44.1 Å². The number of aromatic nitrogens is 3. The fourth-order valence-corrected chi connectivity index (χ4v) is 6.48. The van der Waals surface area contributed by atoms with Gasteiger partial charge in [0.15, 0.2) is 0 Å². The Morgan fingerprint density at radius 3 is 2.59 bits per heavy atom. The van der Waals surface area contributed by atoms with Crippen molar-refractivity contribution in [3.8, 4) is 0 Å². The third-order valence-electron chi connectivity index (χ3n) is 7.04. The molecule has 152 valence electrons. The Labute approximate surface area is 173 Å². The van der Waals surface area contributed by atoms with Crippen molar-refractivity contribution in [1.82, 2.24) is 14.8 Å². The highest BCUT2D eigenvalue weighted by Gasteiger charge is 2.61. The fraction of sp³-hybridized carbons (Fsp3) is 0.524. The summed E-state index contributed by atoms with van der Waals surface area (Å²) in [6.45, 7) is 0. The van der Waals surface area contributed by atoms with Crippen molar-refractivity contribution in [3.05, 3.63) is 41.4 Å². The fourth-order valence-electron chi connectivity index (χ4n) is 6.35. The third kappa shape index (κ3) is 2.94. The van der Waals surface area contributed by atoms with Crippen LogP contribution in [0.4, 0.5) is 5.69 Å². The minimum Gasteiger partial charge on any atom is -0.465 e. The molecule has 0 saturated heterocycles. The van der Waals surface area contributed by atoms with Gasteiger partial charge in [-0.1, -0.05) is 12.1 Å². The van der Waals surface area contributed by atoms with Crippen LogP contribution in [0.5, 0.6) is 0 Å². The van der Waals surface area contributed by atoms with Crippen molar-refractivity contribution >= 4 is 29.2 Å². The molecule has 8 heteroatoms. The maximum atomic E-state index is 13.6. The van der Waals surface area contributed by atoms with Gasteiger partial charge in [0.1, 0.15) is 6.33 Å². The van der Waals surface area contributed by atoms with Crippen LogP contribution in [-0.2, 0) is 15.1 Å². The van der Waals surface area contributed by atoms with E-state index < -0.39 is 11.4 Å². The summed E-state index contributed by atoms with van der Waals surface area (Å²) in [7, 11) is 1.34. The lowest BCUT2D eigenvalue weighted by molar-refractivity contribution is -0.150. The monoisotopic (exact) mass is 414 g/mol.